The van der Waals surface area contributed by atoms with E-state index in [-0.39, 0.29) is 0 Å². The molecule has 0 atom stereocenters. The van der Waals surface area contributed by atoms with Crippen LogP contribution in [0.15, 0.2) is 60.7 Å². The summed E-state index contributed by atoms with van der Waals surface area (Å²) in [5, 5.41) is 0. The Kier molecular flexibility index (Phi) is 5.45. The minimum atomic E-state index is 1.19. The molecule has 2 heterocycles. The second-order valence-corrected chi connectivity index (χ2v) is 11.0. The van der Waals surface area contributed by atoms with Crippen LogP contribution in [-0.2, 0) is 0 Å². The maximum Gasteiger partial charge on any atom is 0.0381 e. The maximum atomic E-state index is 2.33. The Morgan fingerprint density at radius 3 is 1.32 bits per heavy atom. The van der Waals surface area contributed by atoms with Gasteiger partial charge in [-0.2, -0.15) is 0 Å². The molecule has 1 aliphatic rings. The third-order valence-electron chi connectivity index (χ3n) is 6.54. The average molecular weight is 441 g/mol. The van der Waals surface area contributed by atoms with Gasteiger partial charge in [-0.3, -0.25) is 0 Å². The molecule has 0 fully saturated rings. The van der Waals surface area contributed by atoms with Crippen LogP contribution in [0, 0.1) is 27.7 Å². The number of benzene rings is 2. The van der Waals surface area contributed by atoms with E-state index in [4.69, 9.17) is 0 Å². The van der Waals surface area contributed by atoms with Crippen molar-refractivity contribution in [3.05, 3.63) is 92.7 Å². The molecule has 5 rings (SSSR count). The zero-order valence-corrected chi connectivity index (χ0v) is 20.3. The van der Waals surface area contributed by atoms with E-state index in [0.29, 0.717) is 0 Å². The summed E-state index contributed by atoms with van der Waals surface area (Å²) in [6.07, 6.45) is 3.64. The van der Waals surface area contributed by atoms with E-state index in [0.717, 1.165) is 0 Å². The van der Waals surface area contributed by atoms with E-state index in [9.17, 15) is 0 Å². The fourth-order valence-corrected chi connectivity index (χ4v) is 7.61. The normalized spacial score (nSPS) is 13.9. The zero-order valence-electron chi connectivity index (χ0n) is 18.7. The highest BCUT2D eigenvalue weighted by Gasteiger charge is 2.27. The maximum absolute atomic E-state index is 2.33. The number of hydrogen-bond donors (Lipinski definition) is 0. The summed E-state index contributed by atoms with van der Waals surface area (Å²) in [7, 11) is 0. The molecule has 2 heteroatoms. The summed E-state index contributed by atoms with van der Waals surface area (Å²) in [4.78, 5) is 5.77. The Morgan fingerprint density at radius 2 is 0.935 bits per heavy atom. The third kappa shape index (κ3) is 3.52. The molecule has 0 bridgehead atoms. The Labute approximate surface area is 193 Å². The van der Waals surface area contributed by atoms with Crippen molar-refractivity contribution in [1.82, 2.24) is 0 Å². The summed E-state index contributed by atoms with van der Waals surface area (Å²) < 4.78 is 0. The smallest absolute Gasteiger partial charge is 0.0381 e. The van der Waals surface area contributed by atoms with Crippen molar-refractivity contribution < 1.29 is 0 Å². The number of hydrogen-bond acceptors (Lipinski definition) is 2. The summed E-state index contributed by atoms with van der Waals surface area (Å²) in [5.41, 5.74) is 11.8. The lowest BCUT2D eigenvalue weighted by Gasteiger charge is -2.12. The largest absolute Gasteiger partial charge is 0.140 e. The van der Waals surface area contributed by atoms with Crippen LogP contribution in [-0.4, -0.2) is 0 Å². The Balaban J connectivity index is 1.66. The lowest BCUT2D eigenvalue weighted by molar-refractivity contribution is 0.940. The van der Waals surface area contributed by atoms with Gasteiger partial charge in [0.1, 0.15) is 0 Å². The van der Waals surface area contributed by atoms with E-state index >= 15 is 0 Å². The first-order valence-corrected chi connectivity index (χ1v) is 12.7. The van der Waals surface area contributed by atoms with Crippen molar-refractivity contribution in [2.75, 3.05) is 0 Å². The van der Waals surface area contributed by atoms with Gasteiger partial charge in [0.2, 0.25) is 0 Å². The highest BCUT2D eigenvalue weighted by molar-refractivity contribution is 7.16. The van der Waals surface area contributed by atoms with Gasteiger partial charge in [0, 0.05) is 19.5 Å². The molecule has 0 amide bonds. The summed E-state index contributed by atoms with van der Waals surface area (Å²) in [6.45, 7) is 9.27. The predicted octanol–water partition coefficient (Wildman–Crippen LogP) is 9.47. The van der Waals surface area contributed by atoms with Gasteiger partial charge in [-0.15, -0.1) is 22.7 Å². The molecule has 0 saturated carbocycles. The first kappa shape index (κ1) is 20.5. The summed E-state index contributed by atoms with van der Waals surface area (Å²) in [6, 6.07) is 21.8. The van der Waals surface area contributed by atoms with Gasteiger partial charge in [0.25, 0.3) is 0 Å². The number of rotatable bonds is 4. The highest BCUT2D eigenvalue weighted by atomic mass is 32.1. The van der Waals surface area contributed by atoms with Crippen molar-refractivity contribution in [1.29, 1.82) is 0 Å². The molecular weight excluding hydrogens is 412 g/mol. The van der Waals surface area contributed by atoms with Crippen LogP contribution in [0.1, 0.15) is 51.3 Å². The highest BCUT2D eigenvalue weighted by Crippen LogP contribution is 2.50. The second kappa shape index (κ2) is 8.26. The van der Waals surface area contributed by atoms with E-state index in [1.165, 1.54) is 72.2 Å². The van der Waals surface area contributed by atoms with Crippen LogP contribution in [0.5, 0.6) is 0 Å². The molecule has 0 spiro atoms. The van der Waals surface area contributed by atoms with Crippen LogP contribution in [0.2, 0.25) is 0 Å². The SMILES string of the molecule is Cc1sc(-c2ccccc2)c(C)c1C1=C(c2c(C)sc(-c3ccccc3)c2C)CCC1. The van der Waals surface area contributed by atoms with Gasteiger partial charge in [0.05, 0.1) is 0 Å². The molecular formula is C29H28S2. The van der Waals surface area contributed by atoms with Crippen LogP contribution < -0.4 is 0 Å². The fourth-order valence-electron chi connectivity index (χ4n) is 5.22. The van der Waals surface area contributed by atoms with Crippen molar-refractivity contribution in [3.8, 4) is 20.9 Å². The zero-order chi connectivity index (χ0) is 21.5. The van der Waals surface area contributed by atoms with Gasteiger partial charge < -0.3 is 0 Å². The molecule has 0 N–H and O–H groups in total. The van der Waals surface area contributed by atoms with E-state index in [2.05, 4.69) is 88.4 Å². The Bertz CT molecular complexity index is 1170. The Morgan fingerprint density at radius 1 is 0.548 bits per heavy atom. The standard InChI is InChI=1S/C29H28S2/c1-18-26(20(3)30-28(18)22-12-7-5-8-13-22)24-16-11-17-25(24)27-19(2)29(31-21(27)4)23-14-9-6-10-15-23/h5-10,12-15H,11,16-17H2,1-4H3. The van der Waals surface area contributed by atoms with E-state index in [1.54, 1.807) is 11.1 Å². The monoisotopic (exact) mass is 440 g/mol. The van der Waals surface area contributed by atoms with E-state index in [1.807, 2.05) is 22.7 Å². The molecule has 2 aromatic carbocycles. The van der Waals surface area contributed by atoms with Gasteiger partial charge >= 0.3 is 0 Å². The second-order valence-electron chi connectivity index (χ2n) is 8.52. The van der Waals surface area contributed by atoms with Gasteiger partial charge in [-0.25, -0.2) is 0 Å². The molecule has 0 aliphatic heterocycles. The quantitative estimate of drug-likeness (QED) is 0.296. The molecule has 0 nitrogen and oxygen atoms in total. The lowest BCUT2D eigenvalue weighted by atomic mass is 9.91. The fraction of sp³-hybridized carbons (Fsp3) is 0.241. The minimum Gasteiger partial charge on any atom is -0.140 e. The average Bonchev–Trinajstić information content (AvgIpc) is 3.45. The van der Waals surface area contributed by atoms with Crippen LogP contribution in [0.4, 0.5) is 0 Å². The molecule has 31 heavy (non-hydrogen) atoms. The Hall–Kier alpha value is -2.42. The molecule has 0 radical (unpaired) electrons. The van der Waals surface area contributed by atoms with Crippen LogP contribution in [0.3, 0.4) is 0 Å². The van der Waals surface area contributed by atoms with Crippen molar-refractivity contribution in [3.63, 3.8) is 0 Å². The first-order valence-electron chi connectivity index (χ1n) is 11.1. The number of aryl methyl sites for hydroxylation is 2. The topological polar surface area (TPSA) is 0 Å². The first-order chi connectivity index (χ1) is 15.1. The number of allylic oxidation sites excluding steroid dienone is 2. The summed E-state index contributed by atoms with van der Waals surface area (Å²) in [5.74, 6) is 0. The van der Waals surface area contributed by atoms with Crippen molar-refractivity contribution >= 4 is 33.8 Å². The minimum absolute atomic E-state index is 1.19. The van der Waals surface area contributed by atoms with Crippen molar-refractivity contribution in [2.24, 2.45) is 0 Å². The number of thiophene rings is 2. The van der Waals surface area contributed by atoms with Crippen LogP contribution in [0.25, 0.3) is 32.0 Å². The van der Waals surface area contributed by atoms with Gasteiger partial charge in [0.15, 0.2) is 0 Å². The molecule has 2 aromatic heterocycles. The predicted molar refractivity (Wildman–Crippen MR) is 139 cm³/mol. The molecule has 1 aliphatic carbocycles. The van der Waals surface area contributed by atoms with Gasteiger partial charge in [-0.1, -0.05) is 60.7 Å². The molecule has 156 valence electrons. The van der Waals surface area contributed by atoms with E-state index < -0.39 is 0 Å². The summed E-state index contributed by atoms with van der Waals surface area (Å²) >= 11 is 3.91. The van der Waals surface area contributed by atoms with Crippen molar-refractivity contribution in [2.45, 2.75) is 47.0 Å². The van der Waals surface area contributed by atoms with Gasteiger partial charge in [-0.05, 0) is 91.5 Å². The lowest BCUT2D eigenvalue weighted by Crippen LogP contribution is -1.92. The van der Waals surface area contributed by atoms with Crippen LogP contribution >= 0.6 is 22.7 Å². The molecule has 0 saturated heterocycles. The molecule has 0 unspecified atom stereocenters. The third-order valence-corrected chi connectivity index (χ3v) is 9.05. The molecule has 4 aromatic rings.